The first-order valence-electron chi connectivity index (χ1n) is 10.2. The molecule has 0 radical (unpaired) electrons. The topological polar surface area (TPSA) is 50.6 Å². The lowest BCUT2D eigenvalue weighted by Gasteiger charge is -2.45. The zero-order valence-electron chi connectivity index (χ0n) is 16.9. The van der Waals surface area contributed by atoms with Crippen LogP contribution in [-0.4, -0.2) is 64.4 Å². The molecule has 1 unspecified atom stereocenters. The molecule has 28 heavy (non-hydrogen) atoms. The Hall–Kier alpha value is -2.18. The second kappa shape index (κ2) is 8.05. The highest BCUT2D eigenvalue weighted by Gasteiger charge is 2.51. The predicted molar refractivity (Wildman–Crippen MR) is 108 cm³/mol. The van der Waals surface area contributed by atoms with Crippen LogP contribution in [-0.2, 0) is 23.1 Å². The number of aryl methyl sites for hydroxylation is 1. The van der Waals surface area contributed by atoms with Crippen LogP contribution in [0.15, 0.2) is 42.7 Å². The van der Waals surface area contributed by atoms with Gasteiger partial charge in [0.05, 0.1) is 18.7 Å². The molecule has 0 saturated carbocycles. The minimum atomic E-state index is -0.0401. The van der Waals surface area contributed by atoms with E-state index in [9.17, 15) is 4.79 Å². The van der Waals surface area contributed by atoms with Crippen LogP contribution in [0, 0.1) is 0 Å². The largest absolute Gasteiger partial charge is 0.383 e. The number of carbonyl (C=O) groups excluding carboxylic acids is 1. The van der Waals surface area contributed by atoms with Crippen molar-refractivity contribution in [3.05, 3.63) is 53.9 Å². The molecule has 2 aromatic rings. The van der Waals surface area contributed by atoms with Gasteiger partial charge in [-0.3, -0.25) is 14.4 Å². The number of benzene rings is 1. The fourth-order valence-corrected chi connectivity index (χ4v) is 4.89. The van der Waals surface area contributed by atoms with Gasteiger partial charge in [0.15, 0.2) is 0 Å². The van der Waals surface area contributed by atoms with Crippen LogP contribution in [0.3, 0.4) is 0 Å². The van der Waals surface area contributed by atoms with Gasteiger partial charge in [-0.25, -0.2) is 0 Å². The van der Waals surface area contributed by atoms with Gasteiger partial charge in [-0.15, -0.1) is 0 Å². The summed E-state index contributed by atoms with van der Waals surface area (Å²) in [6.45, 7) is 4.22. The first kappa shape index (κ1) is 19.2. The molecular formula is C22H30N4O2. The normalized spacial score (nSPS) is 22.3. The molecule has 2 aliphatic rings. The lowest BCUT2D eigenvalue weighted by Crippen LogP contribution is -2.53. The molecule has 150 valence electrons. The van der Waals surface area contributed by atoms with Gasteiger partial charge >= 0.3 is 0 Å². The highest BCUT2D eigenvalue weighted by molar-refractivity contribution is 5.87. The van der Waals surface area contributed by atoms with Crippen LogP contribution in [0.25, 0.3) is 0 Å². The Balaban J connectivity index is 1.49. The second-order valence-corrected chi connectivity index (χ2v) is 8.17. The number of aromatic nitrogens is 2. The molecule has 0 aliphatic carbocycles. The van der Waals surface area contributed by atoms with E-state index >= 15 is 0 Å². The van der Waals surface area contributed by atoms with Crippen molar-refractivity contribution in [3.63, 3.8) is 0 Å². The zero-order chi connectivity index (χ0) is 19.6. The standard InChI is InChI=1S/C22H30N4O2/c1-24-16-18(15-23-24)17-25-10-8-22(9-11-25)14-20(19-6-4-3-5-7-19)21(27)26(22)12-13-28-2/h3-7,15-16,20H,8-14,17H2,1-2H3. The Morgan fingerprint density at radius 1 is 1.21 bits per heavy atom. The number of hydrogen-bond donors (Lipinski definition) is 0. The van der Waals surface area contributed by atoms with Crippen molar-refractivity contribution in [2.45, 2.75) is 37.3 Å². The lowest BCUT2D eigenvalue weighted by molar-refractivity contribution is -0.134. The molecule has 4 rings (SSSR count). The summed E-state index contributed by atoms with van der Waals surface area (Å²) in [6, 6.07) is 10.3. The summed E-state index contributed by atoms with van der Waals surface area (Å²) in [4.78, 5) is 17.9. The third-order valence-corrected chi connectivity index (χ3v) is 6.39. The molecule has 2 aliphatic heterocycles. The number of amides is 1. The van der Waals surface area contributed by atoms with E-state index in [1.807, 2.05) is 36.1 Å². The van der Waals surface area contributed by atoms with E-state index in [-0.39, 0.29) is 17.4 Å². The van der Waals surface area contributed by atoms with Gasteiger partial charge in [0.2, 0.25) is 5.91 Å². The highest BCUT2D eigenvalue weighted by atomic mass is 16.5. The van der Waals surface area contributed by atoms with Crippen LogP contribution < -0.4 is 0 Å². The van der Waals surface area contributed by atoms with E-state index in [2.05, 4.69) is 33.2 Å². The SMILES string of the molecule is COCCN1C(=O)C(c2ccccc2)CC12CCN(Cc1cnn(C)c1)CC2. The Bertz CT molecular complexity index is 796. The molecule has 1 aromatic carbocycles. The van der Waals surface area contributed by atoms with Crippen molar-refractivity contribution in [2.75, 3.05) is 33.4 Å². The van der Waals surface area contributed by atoms with Gasteiger partial charge in [-0.1, -0.05) is 30.3 Å². The summed E-state index contributed by atoms with van der Waals surface area (Å²) < 4.78 is 7.17. The molecule has 1 atom stereocenters. The van der Waals surface area contributed by atoms with Gasteiger partial charge in [0.1, 0.15) is 0 Å². The van der Waals surface area contributed by atoms with Crippen LogP contribution in [0.2, 0.25) is 0 Å². The molecule has 1 amide bonds. The maximum atomic E-state index is 13.3. The van der Waals surface area contributed by atoms with E-state index in [0.717, 1.165) is 44.5 Å². The van der Waals surface area contributed by atoms with Crippen LogP contribution in [0.1, 0.15) is 36.3 Å². The Morgan fingerprint density at radius 2 is 1.96 bits per heavy atom. The van der Waals surface area contributed by atoms with Gasteiger partial charge in [0, 0.05) is 57.6 Å². The summed E-state index contributed by atoms with van der Waals surface area (Å²) >= 11 is 0. The summed E-state index contributed by atoms with van der Waals surface area (Å²) in [7, 11) is 3.66. The van der Waals surface area contributed by atoms with E-state index in [4.69, 9.17) is 4.74 Å². The van der Waals surface area contributed by atoms with E-state index in [0.29, 0.717) is 13.2 Å². The molecule has 1 aromatic heterocycles. The zero-order valence-corrected chi connectivity index (χ0v) is 16.9. The Labute approximate surface area is 167 Å². The minimum absolute atomic E-state index is 0.0251. The molecule has 2 saturated heterocycles. The number of methoxy groups -OCH3 is 1. The van der Waals surface area contributed by atoms with Crippen LogP contribution in [0.5, 0.6) is 0 Å². The van der Waals surface area contributed by atoms with Crippen molar-refractivity contribution < 1.29 is 9.53 Å². The third-order valence-electron chi connectivity index (χ3n) is 6.39. The van der Waals surface area contributed by atoms with Crippen molar-refractivity contribution in [3.8, 4) is 0 Å². The molecule has 6 heteroatoms. The van der Waals surface area contributed by atoms with Gasteiger partial charge < -0.3 is 9.64 Å². The highest BCUT2D eigenvalue weighted by Crippen LogP contribution is 2.45. The number of ether oxygens (including phenoxy) is 1. The summed E-state index contributed by atoms with van der Waals surface area (Å²) in [5, 5.41) is 4.28. The molecular weight excluding hydrogens is 352 g/mol. The van der Waals surface area contributed by atoms with Gasteiger partial charge in [0.25, 0.3) is 0 Å². The summed E-state index contributed by atoms with van der Waals surface area (Å²) in [5.74, 6) is 0.242. The maximum absolute atomic E-state index is 13.3. The number of carbonyl (C=O) groups is 1. The van der Waals surface area contributed by atoms with E-state index in [1.54, 1.807) is 7.11 Å². The molecule has 0 N–H and O–H groups in total. The summed E-state index contributed by atoms with van der Waals surface area (Å²) in [5.41, 5.74) is 2.35. The van der Waals surface area contributed by atoms with Crippen molar-refractivity contribution in [1.82, 2.24) is 19.6 Å². The minimum Gasteiger partial charge on any atom is -0.383 e. The fourth-order valence-electron chi connectivity index (χ4n) is 4.89. The average Bonchev–Trinajstić information content (AvgIpc) is 3.24. The van der Waals surface area contributed by atoms with Gasteiger partial charge in [-0.05, 0) is 24.8 Å². The molecule has 2 fully saturated rings. The van der Waals surface area contributed by atoms with Crippen molar-refractivity contribution in [1.29, 1.82) is 0 Å². The predicted octanol–water partition coefficient (Wildman–Crippen LogP) is 2.42. The summed E-state index contributed by atoms with van der Waals surface area (Å²) in [6.07, 6.45) is 6.98. The smallest absolute Gasteiger partial charge is 0.230 e. The molecule has 3 heterocycles. The average molecular weight is 383 g/mol. The van der Waals surface area contributed by atoms with Crippen molar-refractivity contribution >= 4 is 5.91 Å². The number of likely N-dealkylation sites (tertiary alicyclic amines) is 2. The quantitative estimate of drug-likeness (QED) is 0.770. The number of rotatable bonds is 6. The Kier molecular flexibility index (Phi) is 5.51. The van der Waals surface area contributed by atoms with E-state index in [1.165, 1.54) is 5.56 Å². The van der Waals surface area contributed by atoms with E-state index < -0.39 is 0 Å². The monoisotopic (exact) mass is 382 g/mol. The van der Waals surface area contributed by atoms with Gasteiger partial charge in [-0.2, -0.15) is 5.10 Å². The lowest BCUT2D eigenvalue weighted by atomic mass is 9.81. The number of piperidine rings is 1. The Morgan fingerprint density at radius 3 is 2.61 bits per heavy atom. The van der Waals surface area contributed by atoms with Crippen molar-refractivity contribution in [2.24, 2.45) is 7.05 Å². The second-order valence-electron chi connectivity index (χ2n) is 8.17. The van der Waals surface area contributed by atoms with Crippen LogP contribution >= 0.6 is 0 Å². The third kappa shape index (κ3) is 3.71. The maximum Gasteiger partial charge on any atom is 0.230 e. The molecule has 1 spiro atoms. The fraction of sp³-hybridized carbons (Fsp3) is 0.545. The first-order valence-corrected chi connectivity index (χ1v) is 10.2. The first-order chi connectivity index (χ1) is 13.6. The van der Waals surface area contributed by atoms with Crippen LogP contribution in [0.4, 0.5) is 0 Å². The molecule has 0 bridgehead atoms. The number of hydrogen-bond acceptors (Lipinski definition) is 4. The molecule has 6 nitrogen and oxygen atoms in total. The number of nitrogens with zero attached hydrogens (tertiary/aromatic N) is 4.